The first-order valence-corrected chi connectivity index (χ1v) is 8.53. The lowest BCUT2D eigenvalue weighted by atomic mass is 10.1. The Morgan fingerprint density at radius 2 is 1.76 bits per heavy atom. The van der Waals surface area contributed by atoms with Crippen LogP contribution in [0.15, 0.2) is 49.0 Å². The molecule has 0 atom stereocenters. The van der Waals surface area contributed by atoms with Crippen molar-refractivity contribution in [2.24, 2.45) is 0 Å². The van der Waals surface area contributed by atoms with Gasteiger partial charge in [-0.3, -0.25) is 9.59 Å². The average Bonchev–Trinajstić information content (AvgIpc) is 3.17. The van der Waals surface area contributed by atoms with Crippen LogP contribution in [0.5, 0.6) is 0 Å². The molecule has 1 aliphatic rings. The molecular weight excluding hydrogens is 312 g/mol. The van der Waals surface area contributed by atoms with Crippen LogP contribution in [0.2, 0.25) is 0 Å². The van der Waals surface area contributed by atoms with Crippen LogP contribution < -0.4 is 5.32 Å². The first-order valence-electron chi connectivity index (χ1n) is 8.53. The van der Waals surface area contributed by atoms with Crippen molar-refractivity contribution in [3.63, 3.8) is 0 Å². The van der Waals surface area contributed by atoms with Gasteiger partial charge in [-0.05, 0) is 49.1 Å². The minimum Gasteiger partial charge on any atom is -0.339 e. The van der Waals surface area contributed by atoms with Crippen LogP contribution in [0.3, 0.4) is 0 Å². The van der Waals surface area contributed by atoms with Gasteiger partial charge in [-0.15, -0.1) is 0 Å². The number of hydrogen-bond donors (Lipinski definition) is 1. The van der Waals surface area contributed by atoms with E-state index >= 15 is 0 Å². The number of nitrogens with zero attached hydrogens (tertiary/aromatic N) is 1. The molecule has 1 heterocycles. The molecule has 128 valence electrons. The molecule has 4 heteroatoms. The van der Waals surface area contributed by atoms with E-state index in [1.807, 2.05) is 36.1 Å². The van der Waals surface area contributed by atoms with Gasteiger partial charge in [0.1, 0.15) is 0 Å². The predicted molar refractivity (Wildman–Crippen MR) is 101 cm³/mol. The molecule has 0 aliphatic carbocycles. The topological polar surface area (TPSA) is 49.4 Å². The van der Waals surface area contributed by atoms with Crippen molar-refractivity contribution < 1.29 is 9.59 Å². The molecule has 0 radical (unpaired) electrons. The van der Waals surface area contributed by atoms with Crippen LogP contribution in [-0.2, 0) is 0 Å². The van der Waals surface area contributed by atoms with Gasteiger partial charge in [-0.2, -0.15) is 0 Å². The number of nitrogens with one attached hydrogen (secondary N) is 1. The second kappa shape index (κ2) is 7.34. The van der Waals surface area contributed by atoms with E-state index in [2.05, 4.69) is 11.9 Å². The maximum Gasteiger partial charge on any atom is 0.255 e. The number of carbonyl (C=O) groups excluding carboxylic acids is 2. The summed E-state index contributed by atoms with van der Waals surface area (Å²) < 4.78 is 0. The summed E-state index contributed by atoms with van der Waals surface area (Å²) in [6.45, 7) is 7.17. The molecule has 1 fully saturated rings. The molecule has 0 saturated carbocycles. The third-order valence-electron chi connectivity index (χ3n) is 4.54. The van der Waals surface area contributed by atoms with Crippen LogP contribution in [0.1, 0.15) is 44.7 Å². The van der Waals surface area contributed by atoms with E-state index < -0.39 is 0 Å². The number of amides is 2. The maximum absolute atomic E-state index is 12.8. The molecule has 1 saturated heterocycles. The number of aryl methyl sites for hydroxylation is 1. The van der Waals surface area contributed by atoms with E-state index in [1.165, 1.54) is 0 Å². The maximum atomic E-state index is 12.8. The Hall–Kier alpha value is -2.88. The Morgan fingerprint density at radius 1 is 1.08 bits per heavy atom. The molecular formula is C21H22N2O2. The average molecular weight is 334 g/mol. The first kappa shape index (κ1) is 17.0. The van der Waals surface area contributed by atoms with E-state index in [0.717, 1.165) is 37.1 Å². The van der Waals surface area contributed by atoms with Gasteiger partial charge in [0.05, 0.1) is 11.3 Å². The molecule has 2 aromatic rings. The molecule has 4 nitrogen and oxygen atoms in total. The molecule has 2 amide bonds. The normalized spacial score (nSPS) is 13.6. The summed E-state index contributed by atoms with van der Waals surface area (Å²) >= 11 is 0. The van der Waals surface area contributed by atoms with E-state index in [-0.39, 0.29) is 11.8 Å². The van der Waals surface area contributed by atoms with Crippen LogP contribution in [0.25, 0.3) is 6.08 Å². The zero-order valence-corrected chi connectivity index (χ0v) is 14.4. The van der Waals surface area contributed by atoms with Crippen LogP contribution in [0, 0.1) is 6.92 Å². The zero-order chi connectivity index (χ0) is 17.8. The Bertz CT molecular complexity index is 803. The Labute approximate surface area is 148 Å². The fourth-order valence-corrected chi connectivity index (χ4v) is 3.06. The SMILES string of the molecule is C=Cc1ccc(C(=O)Nc2c(C)cccc2C(=O)N2CCCC2)cc1. The van der Waals surface area contributed by atoms with E-state index in [4.69, 9.17) is 0 Å². The summed E-state index contributed by atoms with van der Waals surface area (Å²) in [5, 5.41) is 2.92. The van der Waals surface area contributed by atoms with E-state index in [9.17, 15) is 9.59 Å². The second-order valence-electron chi connectivity index (χ2n) is 6.28. The number of likely N-dealkylation sites (tertiary alicyclic amines) is 1. The van der Waals surface area contributed by atoms with Crippen LogP contribution in [-0.4, -0.2) is 29.8 Å². The van der Waals surface area contributed by atoms with Crippen molar-refractivity contribution in [1.82, 2.24) is 4.90 Å². The lowest BCUT2D eigenvalue weighted by molar-refractivity contribution is 0.0794. The summed E-state index contributed by atoms with van der Waals surface area (Å²) in [6.07, 6.45) is 3.81. The number of para-hydroxylation sites is 1. The molecule has 2 aromatic carbocycles. The third-order valence-corrected chi connectivity index (χ3v) is 4.54. The highest BCUT2D eigenvalue weighted by molar-refractivity contribution is 6.09. The van der Waals surface area contributed by atoms with Gasteiger partial charge in [0.25, 0.3) is 11.8 Å². The minimum atomic E-state index is -0.222. The summed E-state index contributed by atoms with van der Waals surface area (Å²) in [5.41, 5.74) is 3.53. The molecule has 0 bridgehead atoms. The number of benzene rings is 2. The highest BCUT2D eigenvalue weighted by atomic mass is 16.2. The smallest absolute Gasteiger partial charge is 0.255 e. The Kier molecular flexibility index (Phi) is 4.98. The first-order chi connectivity index (χ1) is 12.1. The van der Waals surface area contributed by atoms with Crippen molar-refractivity contribution in [2.75, 3.05) is 18.4 Å². The van der Waals surface area contributed by atoms with Crippen molar-refractivity contribution in [3.8, 4) is 0 Å². The quantitative estimate of drug-likeness (QED) is 0.914. The van der Waals surface area contributed by atoms with Gasteiger partial charge >= 0.3 is 0 Å². The highest BCUT2D eigenvalue weighted by Gasteiger charge is 2.23. The monoisotopic (exact) mass is 334 g/mol. The van der Waals surface area contributed by atoms with Gasteiger partial charge in [-0.25, -0.2) is 0 Å². The van der Waals surface area contributed by atoms with Crippen LogP contribution >= 0.6 is 0 Å². The summed E-state index contributed by atoms with van der Waals surface area (Å²) in [7, 11) is 0. The van der Waals surface area contributed by atoms with Crippen molar-refractivity contribution >= 4 is 23.6 Å². The largest absolute Gasteiger partial charge is 0.339 e. The lowest BCUT2D eigenvalue weighted by Gasteiger charge is -2.19. The van der Waals surface area contributed by atoms with Crippen molar-refractivity contribution in [1.29, 1.82) is 0 Å². The number of rotatable bonds is 4. The molecule has 3 rings (SSSR count). The third kappa shape index (κ3) is 3.63. The molecule has 25 heavy (non-hydrogen) atoms. The summed E-state index contributed by atoms with van der Waals surface area (Å²) in [4.78, 5) is 27.2. The fourth-order valence-electron chi connectivity index (χ4n) is 3.06. The minimum absolute atomic E-state index is 0.0153. The summed E-state index contributed by atoms with van der Waals surface area (Å²) in [6, 6.07) is 12.7. The van der Waals surface area contributed by atoms with Crippen molar-refractivity contribution in [3.05, 3.63) is 71.3 Å². The second-order valence-corrected chi connectivity index (χ2v) is 6.28. The Morgan fingerprint density at radius 3 is 2.40 bits per heavy atom. The molecule has 1 aliphatic heterocycles. The van der Waals surface area contributed by atoms with Gasteiger partial charge in [0.15, 0.2) is 0 Å². The van der Waals surface area contributed by atoms with E-state index in [0.29, 0.717) is 16.8 Å². The lowest BCUT2D eigenvalue weighted by Crippen LogP contribution is -2.29. The predicted octanol–water partition coefficient (Wildman–Crippen LogP) is 4.13. The standard InChI is InChI=1S/C21H22N2O2/c1-3-16-9-11-17(12-10-16)20(24)22-19-15(2)7-6-8-18(19)21(25)23-13-4-5-14-23/h3,6-12H,1,4-5,13-14H2,2H3,(H,22,24). The fraction of sp³-hybridized carbons (Fsp3) is 0.238. The summed E-state index contributed by atoms with van der Waals surface area (Å²) in [5.74, 6) is -0.237. The molecule has 1 N–H and O–H groups in total. The number of carbonyl (C=O) groups is 2. The number of hydrogen-bond acceptors (Lipinski definition) is 2. The van der Waals surface area contributed by atoms with Crippen LogP contribution in [0.4, 0.5) is 5.69 Å². The molecule has 0 spiro atoms. The van der Waals surface area contributed by atoms with Gasteiger partial charge in [0.2, 0.25) is 0 Å². The van der Waals surface area contributed by atoms with Gasteiger partial charge < -0.3 is 10.2 Å². The van der Waals surface area contributed by atoms with E-state index in [1.54, 1.807) is 24.3 Å². The highest BCUT2D eigenvalue weighted by Crippen LogP contribution is 2.24. The molecule has 0 aromatic heterocycles. The number of anilines is 1. The van der Waals surface area contributed by atoms with Crippen molar-refractivity contribution in [2.45, 2.75) is 19.8 Å². The Balaban J connectivity index is 1.86. The molecule has 0 unspecified atom stereocenters. The zero-order valence-electron chi connectivity index (χ0n) is 14.4. The van der Waals surface area contributed by atoms with Gasteiger partial charge in [-0.1, -0.05) is 36.9 Å². The van der Waals surface area contributed by atoms with Gasteiger partial charge in [0, 0.05) is 18.7 Å².